The van der Waals surface area contributed by atoms with Crippen molar-refractivity contribution in [1.82, 2.24) is 9.97 Å². The van der Waals surface area contributed by atoms with E-state index in [0.717, 1.165) is 56.6 Å². The largest absolute Gasteiger partial charge is 0.366 e. The van der Waals surface area contributed by atoms with Crippen LogP contribution < -0.4 is 14.7 Å². The molecule has 6 heteroatoms. The van der Waals surface area contributed by atoms with Crippen LogP contribution in [-0.2, 0) is 0 Å². The topological polar surface area (TPSA) is 35.5 Å². The third-order valence-electron chi connectivity index (χ3n) is 5.98. The molecule has 4 rings (SSSR count). The molecule has 28 heavy (non-hydrogen) atoms. The SMILES string of the molecule is CCC1CCCCN1c1nc(C)cc(N2CCN(c3ccccc3F)CC2)n1. The zero-order chi connectivity index (χ0) is 19.5. The van der Waals surface area contributed by atoms with Crippen LogP contribution in [0.15, 0.2) is 30.3 Å². The first-order chi connectivity index (χ1) is 13.7. The van der Waals surface area contributed by atoms with Gasteiger partial charge in [-0.05, 0) is 44.7 Å². The van der Waals surface area contributed by atoms with Crippen molar-refractivity contribution < 1.29 is 4.39 Å². The summed E-state index contributed by atoms with van der Waals surface area (Å²) in [5.74, 6) is 1.72. The molecule has 2 fully saturated rings. The highest BCUT2D eigenvalue weighted by Crippen LogP contribution is 2.27. The number of hydrogen-bond acceptors (Lipinski definition) is 5. The molecule has 150 valence electrons. The second-order valence-corrected chi connectivity index (χ2v) is 7.84. The summed E-state index contributed by atoms with van der Waals surface area (Å²) in [4.78, 5) is 16.5. The Balaban J connectivity index is 1.49. The van der Waals surface area contributed by atoms with E-state index in [4.69, 9.17) is 9.97 Å². The molecular weight excluding hydrogens is 353 g/mol. The van der Waals surface area contributed by atoms with Crippen LogP contribution in [0.25, 0.3) is 0 Å². The number of nitrogens with zero attached hydrogens (tertiary/aromatic N) is 5. The van der Waals surface area contributed by atoms with Crippen LogP contribution in [-0.4, -0.2) is 48.7 Å². The lowest BCUT2D eigenvalue weighted by Crippen LogP contribution is -2.47. The standard InChI is InChI=1S/C22H30FN5/c1-3-18-8-6-7-11-28(18)22-24-17(2)16-21(25-22)27-14-12-26(13-15-27)20-10-5-4-9-19(20)23/h4-5,9-10,16,18H,3,6-8,11-15H2,1-2H3. The Bertz CT molecular complexity index is 803. The van der Waals surface area contributed by atoms with E-state index in [1.165, 1.54) is 25.3 Å². The number of para-hydroxylation sites is 1. The quantitative estimate of drug-likeness (QED) is 0.797. The van der Waals surface area contributed by atoms with Gasteiger partial charge in [0.05, 0.1) is 5.69 Å². The van der Waals surface area contributed by atoms with Gasteiger partial charge in [0.15, 0.2) is 0 Å². The lowest BCUT2D eigenvalue weighted by Gasteiger charge is -2.38. The Morgan fingerprint density at radius 3 is 2.50 bits per heavy atom. The van der Waals surface area contributed by atoms with Gasteiger partial charge in [0.2, 0.25) is 5.95 Å². The maximum atomic E-state index is 14.1. The van der Waals surface area contributed by atoms with E-state index in [1.54, 1.807) is 6.07 Å². The summed E-state index contributed by atoms with van der Waals surface area (Å²) in [7, 11) is 0. The Hall–Kier alpha value is -2.37. The lowest BCUT2D eigenvalue weighted by molar-refractivity contribution is 0.443. The van der Waals surface area contributed by atoms with Gasteiger partial charge in [0.25, 0.3) is 0 Å². The minimum absolute atomic E-state index is 0.146. The summed E-state index contributed by atoms with van der Waals surface area (Å²) in [6, 6.07) is 9.65. The number of hydrogen-bond donors (Lipinski definition) is 0. The average Bonchev–Trinajstić information content (AvgIpc) is 2.74. The number of halogens is 1. The zero-order valence-corrected chi connectivity index (χ0v) is 16.9. The molecule has 1 aromatic heterocycles. The molecule has 0 bridgehead atoms. The van der Waals surface area contributed by atoms with E-state index in [2.05, 4.69) is 34.6 Å². The molecule has 2 saturated heterocycles. The average molecular weight is 384 g/mol. The highest BCUT2D eigenvalue weighted by atomic mass is 19.1. The highest BCUT2D eigenvalue weighted by Gasteiger charge is 2.25. The van der Waals surface area contributed by atoms with Crippen LogP contribution in [0, 0.1) is 12.7 Å². The van der Waals surface area contributed by atoms with Gasteiger partial charge >= 0.3 is 0 Å². The van der Waals surface area contributed by atoms with E-state index in [9.17, 15) is 4.39 Å². The van der Waals surface area contributed by atoms with E-state index in [-0.39, 0.29) is 5.82 Å². The van der Waals surface area contributed by atoms with Crippen molar-refractivity contribution in [1.29, 1.82) is 0 Å². The van der Waals surface area contributed by atoms with Crippen LogP contribution in [0.5, 0.6) is 0 Å². The summed E-state index contributed by atoms with van der Waals surface area (Å²) in [6.45, 7) is 8.60. The predicted octanol–water partition coefficient (Wildman–Crippen LogP) is 4.02. The molecule has 0 N–H and O–H groups in total. The number of benzene rings is 1. The molecule has 2 aliphatic rings. The predicted molar refractivity (Wildman–Crippen MR) is 113 cm³/mol. The summed E-state index contributed by atoms with van der Waals surface area (Å²) in [6.07, 6.45) is 4.87. The van der Waals surface area contributed by atoms with Crippen molar-refractivity contribution in [3.8, 4) is 0 Å². The third-order valence-corrected chi connectivity index (χ3v) is 5.98. The molecule has 5 nitrogen and oxygen atoms in total. The molecule has 0 radical (unpaired) electrons. The van der Waals surface area contributed by atoms with Crippen LogP contribution >= 0.6 is 0 Å². The smallest absolute Gasteiger partial charge is 0.227 e. The number of aromatic nitrogens is 2. The normalized spacial score (nSPS) is 20.5. The summed E-state index contributed by atoms with van der Waals surface area (Å²) in [5.41, 5.74) is 1.71. The molecule has 2 aromatic rings. The van der Waals surface area contributed by atoms with Crippen molar-refractivity contribution in [2.24, 2.45) is 0 Å². The van der Waals surface area contributed by atoms with Crippen LogP contribution in [0.3, 0.4) is 0 Å². The van der Waals surface area contributed by atoms with Crippen LogP contribution in [0.1, 0.15) is 38.3 Å². The van der Waals surface area contributed by atoms with Gasteiger partial charge in [0, 0.05) is 50.5 Å². The van der Waals surface area contributed by atoms with Gasteiger partial charge < -0.3 is 14.7 Å². The zero-order valence-electron chi connectivity index (χ0n) is 16.9. The summed E-state index contributed by atoms with van der Waals surface area (Å²) < 4.78 is 14.1. The summed E-state index contributed by atoms with van der Waals surface area (Å²) >= 11 is 0. The number of rotatable bonds is 4. The van der Waals surface area contributed by atoms with E-state index < -0.39 is 0 Å². The minimum Gasteiger partial charge on any atom is -0.366 e. The van der Waals surface area contributed by atoms with E-state index in [0.29, 0.717) is 11.7 Å². The monoisotopic (exact) mass is 383 g/mol. The van der Waals surface area contributed by atoms with Crippen LogP contribution in [0.4, 0.5) is 21.8 Å². The number of piperazine rings is 1. The minimum atomic E-state index is -0.146. The van der Waals surface area contributed by atoms with Crippen molar-refractivity contribution in [2.75, 3.05) is 47.4 Å². The fourth-order valence-corrected chi connectivity index (χ4v) is 4.40. The Labute approximate surface area is 167 Å². The van der Waals surface area contributed by atoms with Gasteiger partial charge in [-0.15, -0.1) is 0 Å². The van der Waals surface area contributed by atoms with Gasteiger partial charge in [-0.25, -0.2) is 9.37 Å². The van der Waals surface area contributed by atoms with Crippen molar-refractivity contribution in [3.05, 3.63) is 41.8 Å². The van der Waals surface area contributed by atoms with Gasteiger partial charge in [0.1, 0.15) is 11.6 Å². The molecule has 2 aliphatic heterocycles. The van der Waals surface area contributed by atoms with Crippen molar-refractivity contribution >= 4 is 17.5 Å². The molecule has 1 atom stereocenters. The first-order valence-corrected chi connectivity index (χ1v) is 10.5. The van der Waals surface area contributed by atoms with Gasteiger partial charge in [-0.1, -0.05) is 19.1 Å². The first kappa shape index (κ1) is 19.0. The molecule has 0 amide bonds. The molecule has 0 spiro atoms. The van der Waals surface area contributed by atoms with Crippen molar-refractivity contribution in [2.45, 2.75) is 45.6 Å². The lowest BCUT2D eigenvalue weighted by atomic mass is 10.0. The Morgan fingerprint density at radius 2 is 1.75 bits per heavy atom. The maximum Gasteiger partial charge on any atom is 0.227 e. The first-order valence-electron chi connectivity index (χ1n) is 10.5. The molecule has 0 saturated carbocycles. The summed E-state index contributed by atoms with van der Waals surface area (Å²) in [5, 5.41) is 0. The van der Waals surface area contributed by atoms with Gasteiger partial charge in [-0.3, -0.25) is 0 Å². The molecule has 3 heterocycles. The second kappa shape index (κ2) is 8.33. The molecule has 0 aliphatic carbocycles. The third kappa shape index (κ3) is 3.91. The number of piperidine rings is 1. The van der Waals surface area contributed by atoms with E-state index in [1.807, 2.05) is 12.1 Å². The Kier molecular flexibility index (Phi) is 5.64. The Morgan fingerprint density at radius 1 is 1.00 bits per heavy atom. The van der Waals surface area contributed by atoms with Crippen molar-refractivity contribution in [3.63, 3.8) is 0 Å². The number of anilines is 3. The fourth-order valence-electron chi connectivity index (χ4n) is 4.40. The highest BCUT2D eigenvalue weighted by molar-refractivity contribution is 5.52. The van der Waals surface area contributed by atoms with Gasteiger partial charge in [-0.2, -0.15) is 4.98 Å². The molecule has 1 unspecified atom stereocenters. The number of aryl methyl sites for hydroxylation is 1. The van der Waals surface area contributed by atoms with Crippen LogP contribution in [0.2, 0.25) is 0 Å². The second-order valence-electron chi connectivity index (χ2n) is 7.84. The molecule has 1 aromatic carbocycles. The maximum absolute atomic E-state index is 14.1. The fraction of sp³-hybridized carbons (Fsp3) is 0.545. The molecular formula is C22H30FN5. The van der Waals surface area contributed by atoms with E-state index >= 15 is 0 Å².